The van der Waals surface area contributed by atoms with Gasteiger partial charge in [-0.1, -0.05) is 61.1 Å². The second-order valence-electron chi connectivity index (χ2n) is 10.6. The van der Waals surface area contributed by atoms with E-state index in [1.165, 1.54) is 50.5 Å². The lowest BCUT2D eigenvalue weighted by Gasteiger charge is -2.63. The van der Waals surface area contributed by atoms with E-state index in [1.54, 1.807) is 0 Å². The molecule has 0 aliphatic heterocycles. The van der Waals surface area contributed by atoms with Crippen molar-refractivity contribution in [1.29, 1.82) is 0 Å². The van der Waals surface area contributed by atoms with Crippen molar-refractivity contribution < 1.29 is 0 Å². The molecule has 2 unspecified atom stereocenters. The van der Waals surface area contributed by atoms with Gasteiger partial charge in [0.2, 0.25) is 0 Å². The minimum Gasteiger partial charge on any atom is -0.0999 e. The summed E-state index contributed by atoms with van der Waals surface area (Å²) in [6.45, 7) is 20.8. The monoisotopic (exact) mass is 320 g/mol. The van der Waals surface area contributed by atoms with E-state index in [0.29, 0.717) is 16.2 Å². The third-order valence-corrected chi connectivity index (χ3v) is 7.59. The maximum absolute atomic E-state index is 4.03. The highest BCUT2D eigenvalue weighted by Gasteiger charge is 2.57. The molecule has 0 nitrogen and oxygen atoms in total. The summed E-state index contributed by atoms with van der Waals surface area (Å²) in [5.74, 6) is 2.89. The van der Waals surface area contributed by atoms with E-state index in [1.807, 2.05) is 0 Å². The van der Waals surface area contributed by atoms with Crippen molar-refractivity contribution in [2.24, 2.45) is 34.0 Å². The molecule has 4 fully saturated rings. The maximum Gasteiger partial charge on any atom is -0.0208 e. The summed E-state index contributed by atoms with van der Waals surface area (Å²) < 4.78 is 0. The van der Waals surface area contributed by atoms with Crippen LogP contribution in [0.25, 0.3) is 0 Å². The number of rotatable bonds is 1. The van der Waals surface area contributed by atoms with Crippen LogP contribution in [0.3, 0.4) is 0 Å². The van der Waals surface area contributed by atoms with E-state index >= 15 is 0 Å². The summed E-state index contributed by atoms with van der Waals surface area (Å²) >= 11 is 0. The summed E-state index contributed by atoms with van der Waals surface area (Å²) in [6.07, 6.45) is 9.95. The van der Waals surface area contributed by atoms with Crippen molar-refractivity contribution in [3.63, 3.8) is 0 Å². The zero-order valence-corrected chi connectivity index (χ0v) is 16.4. The van der Waals surface area contributed by atoms with Crippen LogP contribution in [0.1, 0.15) is 101 Å². The Kier molecular flexibility index (Phi) is 6.26. The van der Waals surface area contributed by atoms with Crippen molar-refractivity contribution in [1.82, 2.24) is 0 Å². The summed E-state index contributed by atoms with van der Waals surface area (Å²) in [5.41, 5.74) is 3.30. The van der Waals surface area contributed by atoms with E-state index < -0.39 is 0 Å². The van der Waals surface area contributed by atoms with Gasteiger partial charge in [-0.15, -0.1) is 0 Å². The molecule has 4 aliphatic carbocycles. The topological polar surface area (TPSA) is 0 Å². The fraction of sp³-hybridized carbons (Fsp3) is 0.913. The normalized spacial score (nSPS) is 33.3. The first kappa shape index (κ1) is 20.8. The van der Waals surface area contributed by atoms with Gasteiger partial charge in [0, 0.05) is 0 Å². The molecular weight excluding hydrogens is 276 g/mol. The second kappa shape index (κ2) is 6.93. The maximum atomic E-state index is 4.03. The average Bonchev–Trinajstić information content (AvgIpc) is 2.37. The van der Waals surface area contributed by atoms with Gasteiger partial charge >= 0.3 is 0 Å². The van der Waals surface area contributed by atoms with Gasteiger partial charge in [-0.05, 0) is 85.9 Å². The van der Waals surface area contributed by atoms with Crippen LogP contribution >= 0.6 is 0 Å². The number of hydrogen-bond acceptors (Lipinski definition) is 0. The largest absolute Gasteiger partial charge is 0.0999 e. The molecule has 4 saturated carbocycles. The molecule has 2 atom stereocenters. The van der Waals surface area contributed by atoms with E-state index in [9.17, 15) is 0 Å². The Morgan fingerprint density at radius 3 is 1.70 bits per heavy atom. The van der Waals surface area contributed by atoms with Crippen molar-refractivity contribution in [3.8, 4) is 0 Å². The molecule has 0 aromatic carbocycles. The predicted octanol–water partition coefficient (Wildman–Crippen LogP) is 7.88. The molecule has 23 heavy (non-hydrogen) atoms. The van der Waals surface area contributed by atoms with Crippen LogP contribution in [0.15, 0.2) is 12.2 Å². The molecule has 0 aromatic heterocycles. The molecule has 136 valence electrons. The molecule has 0 spiro atoms. The van der Waals surface area contributed by atoms with Gasteiger partial charge in [0.1, 0.15) is 0 Å². The minimum atomic E-state index is 0. The molecule has 0 amide bonds. The fourth-order valence-corrected chi connectivity index (χ4v) is 5.44. The third kappa shape index (κ3) is 4.43. The van der Waals surface area contributed by atoms with Gasteiger partial charge in [-0.2, -0.15) is 0 Å². The molecule has 0 heteroatoms. The summed E-state index contributed by atoms with van der Waals surface area (Å²) in [5, 5.41) is 0. The zero-order chi connectivity index (χ0) is 16.8. The van der Waals surface area contributed by atoms with Crippen LogP contribution in [-0.4, -0.2) is 0 Å². The zero-order valence-electron chi connectivity index (χ0n) is 16.4. The molecule has 0 saturated heterocycles. The van der Waals surface area contributed by atoms with Crippen molar-refractivity contribution in [3.05, 3.63) is 12.2 Å². The van der Waals surface area contributed by atoms with Crippen LogP contribution in [-0.2, 0) is 0 Å². The van der Waals surface area contributed by atoms with E-state index in [-0.39, 0.29) is 7.43 Å². The van der Waals surface area contributed by atoms with Crippen LogP contribution in [0.2, 0.25) is 0 Å². The Hall–Kier alpha value is -0.260. The molecule has 2 bridgehead atoms. The van der Waals surface area contributed by atoms with Crippen LogP contribution < -0.4 is 0 Å². The smallest absolute Gasteiger partial charge is 0.0208 e. The molecule has 0 heterocycles. The Labute approximate surface area is 147 Å². The first-order valence-electron chi connectivity index (χ1n) is 9.61. The first-order chi connectivity index (χ1) is 9.96. The molecule has 4 aliphatic rings. The van der Waals surface area contributed by atoms with Gasteiger partial charge in [0.05, 0.1) is 0 Å². The lowest BCUT2D eigenvalue weighted by atomic mass is 9.41. The van der Waals surface area contributed by atoms with Gasteiger partial charge in [0.25, 0.3) is 0 Å². The molecule has 0 radical (unpaired) electrons. The highest BCUT2D eigenvalue weighted by Crippen LogP contribution is 2.65. The SMILES string of the molecule is C.C=C(C)C1CCC(C)(C)CC1.CC1(C)CCC2CC1C2(C)C. The van der Waals surface area contributed by atoms with Crippen LogP contribution in [0.5, 0.6) is 0 Å². The Balaban J connectivity index is 0.000000220. The first-order valence-corrected chi connectivity index (χ1v) is 9.61. The van der Waals surface area contributed by atoms with Crippen molar-refractivity contribution in [2.75, 3.05) is 0 Å². The fourth-order valence-electron chi connectivity index (χ4n) is 5.44. The Bertz CT molecular complexity index is 390. The number of allylic oxidation sites excluding steroid dienone is 1. The van der Waals surface area contributed by atoms with Gasteiger partial charge in [-0.25, -0.2) is 0 Å². The molecular formula is C23H44. The molecule has 4 rings (SSSR count). The van der Waals surface area contributed by atoms with Crippen molar-refractivity contribution in [2.45, 2.75) is 101 Å². The number of fused-ring (bicyclic) bond motifs is 2. The molecule has 0 aromatic rings. The minimum absolute atomic E-state index is 0. The second-order valence-corrected chi connectivity index (χ2v) is 10.6. The lowest BCUT2D eigenvalue weighted by Crippen LogP contribution is -2.55. The standard InChI is InChI=1S/2C11H20.CH4/c1-10(2)6-5-8-7-9(10)11(8,3)4;1-9(2)10-5-7-11(3,4)8-6-10;/h8-9H,5-7H2,1-4H3;10H,1,5-8H2,2-4H3;1H4. The van der Waals surface area contributed by atoms with E-state index in [2.05, 4.69) is 55.0 Å². The Morgan fingerprint density at radius 2 is 1.39 bits per heavy atom. The average molecular weight is 321 g/mol. The summed E-state index contributed by atoms with van der Waals surface area (Å²) in [6, 6.07) is 0. The predicted molar refractivity (Wildman–Crippen MR) is 106 cm³/mol. The molecule has 0 N–H and O–H groups in total. The quantitative estimate of drug-likeness (QED) is 0.431. The van der Waals surface area contributed by atoms with Crippen molar-refractivity contribution >= 4 is 0 Å². The van der Waals surface area contributed by atoms with Crippen LogP contribution in [0.4, 0.5) is 0 Å². The van der Waals surface area contributed by atoms with E-state index in [4.69, 9.17) is 0 Å². The van der Waals surface area contributed by atoms with Crippen LogP contribution in [0, 0.1) is 34.0 Å². The summed E-state index contributed by atoms with van der Waals surface area (Å²) in [4.78, 5) is 0. The van der Waals surface area contributed by atoms with Gasteiger partial charge in [-0.3, -0.25) is 0 Å². The Morgan fingerprint density at radius 1 is 0.870 bits per heavy atom. The third-order valence-electron chi connectivity index (χ3n) is 7.59. The van der Waals surface area contributed by atoms with E-state index in [0.717, 1.165) is 17.8 Å². The number of hydrogen-bond donors (Lipinski definition) is 0. The summed E-state index contributed by atoms with van der Waals surface area (Å²) in [7, 11) is 0. The van der Waals surface area contributed by atoms with Gasteiger partial charge in [0.15, 0.2) is 0 Å². The van der Waals surface area contributed by atoms with Gasteiger partial charge < -0.3 is 0 Å². The highest BCUT2D eigenvalue weighted by molar-refractivity contribution is 5.06. The highest BCUT2D eigenvalue weighted by atomic mass is 14.6. The lowest BCUT2D eigenvalue weighted by molar-refractivity contribution is -0.142.